The molecule has 0 amide bonds. The molecule has 18 N–H and O–H groups in total. The lowest BCUT2D eigenvalue weighted by molar-refractivity contribution is -0.277. The Kier molecular flexibility index (Phi) is 19.2. The second kappa shape index (κ2) is 27.8. The number of aromatic nitrogens is 4. The van der Waals surface area contributed by atoms with Crippen LogP contribution >= 0.6 is 0 Å². The number of nitrogens with one attached hydrogen (secondary N) is 2. The van der Waals surface area contributed by atoms with Gasteiger partial charge in [-0.1, -0.05) is 48.5 Å². The van der Waals surface area contributed by atoms with E-state index in [1.165, 1.54) is 0 Å². The summed E-state index contributed by atoms with van der Waals surface area (Å²) in [6.45, 7) is -2.79. The number of hydrogen-bond donors (Lipinski definition) is 18. The number of rotatable bonds is 16. The van der Waals surface area contributed by atoms with Gasteiger partial charge in [-0.2, -0.15) is 0 Å². The van der Waals surface area contributed by atoms with Crippen molar-refractivity contribution >= 4 is 46.4 Å². The van der Waals surface area contributed by atoms with Crippen LogP contribution in [-0.2, 0) is 18.9 Å². The van der Waals surface area contributed by atoms with E-state index in [2.05, 4.69) is 9.97 Å². The van der Waals surface area contributed by atoms with E-state index in [-0.39, 0.29) is 23.0 Å². The number of benzene rings is 4. The Morgan fingerprint density at radius 1 is 0.292 bits per heavy atom. The minimum Gasteiger partial charge on any atom is -0.462 e. The monoisotopic (exact) mass is 1330 g/mol. The van der Waals surface area contributed by atoms with Gasteiger partial charge in [0.15, 0.2) is 0 Å². The quantitative estimate of drug-likeness (QED) is 0.0607. The highest BCUT2D eigenvalue weighted by Gasteiger charge is 2.48. The molecule has 3 aromatic heterocycles. The van der Waals surface area contributed by atoms with Crippen LogP contribution in [0.25, 0.3) is 90.9 Å². The first-order valence-electron chi connectivity index (χ1n) is 30.8. The zero-order chi connectivity index (χ0) is 67.4. The SMILES string of the molecule is OCC1O[C@@H](Oc2cccc(-c3c4nc(c(-c5cccc(O[C@@H]6OC(CO)[C@H](O)C(O)C6O)c5)c5ccc([nH]5)c(-c5cccc(O[C@@H]6OC(CO)[C@H](O)C(O)C6O)c5)c5nc(c(-c6cccc(OC7O[C@H](CO)C(O)C(O)[C@H]7O)c6)c6ccc3[nH]6)C=C5)C=C4)c2)C(O)C(O)[C@H]1O. The topological polar surface area (TPSA) is 455 Å². The van der Waals surface area contributed by atoms with Crippen molar-refractivity contribution in [3.63, 3.8) is 0 Å². The number of hydrogen-bond acceptors (Lipinski definition) is 26. The number of nitrogens with zero attached hydrogens (tertiary/aromatic N) is 2. The Morgan fingerprint density at radius 2 is 0.510 bits per heavy atom. The van der Waals surface area contributed by atoms with Gasteiger partial charge in [-0.3, -0.25) is 0 Å². The van der Waals surface area contributed by atoms with Crippen LogP contribution in [0.4, 0.5) is 0 Å². The highest BCUT2D eigenvalue weighted by atomic mass is 16.7. The number of ether oxygens (including phenoxy) is 8. The zero-order valence-electron chi connectivity index (χ0n) is 50.5. The second-order valence-corrected chi connectivity index (χ2v) is 23.9. The minimum absolute atomic E-state index is 0.132. The predicted octanol–water partition coefficient (Wildman–Crippen LogP) is 0.0384. The van der Waals surface area contributed by atoms with Gasteiger partial charge in [0.1, 0.15) is 121 Å². The molecule has 4 saturated heterocycles. The van der Waals surface area contributed by atoms with E-state index in [4.69, 9.17) is 47.9 Å². The summed E-state index contributed by atoms with van der Waals surface area (Å²) in [5, 5.41) is 169. The van der Waals surface area contributed by atoms with Gasteiger partial charge in [-0.05, 0) is 119 Å². The van der Waals surface area contributed by atoms with Crippen LogP contribution in [0.5, 0.6) is 23.0 Å². The first kappa shape index (κ1) is 66.5. The van der Waals surface area contributed by atoms with Crippen LogP contribution in [0, 0.1) is 0 Å². The molecule has 0 radical (unpaired) electrons. The fourth-order valence-electron chi connectivity index (χ4n) is 12.5. The average molecular weight is 1330 g/mol. The molecule has 0 aliphatic carbocycles. The molecule has 4 aromatic carbocycles. The Bertz CT molecular complexity index is 3680. The van der Waals surface area contributed by atoms with Crippen molar-refractivity contribution in [2.45, 2.75) is 123 Å². The number of aliphatic hydroxyl groups excluding tert-OH is 16. The summed E-state index contributed by atoms with van der Waals surface area (Å²) in [5.74, 6) is 0.528. The van der Waals surface area contributed by atoms with Gasteiger partial charge < -0.3 is 130 Å². The van der Waals surface area contributed by atoms with Gasteiger partial charge >= 0.3 is 0 Å². The molecule has 28 nitrogen and oxygen atoms in total. The number of H-pyrrole nitrogens is 2. The summed E-state index contributed by atoms with van der Waals surface area (Å²) in [6, 6.07) is 33.9. The van der Waals surface area contributed by atoms with Crippen LogP contribution in [-0.4, -0.2) is 251 Å². The summed E-state index contributed by atoms with van der Waals surface area (Å²) >= 11 is 0. The van der Waals surface area contributed by atoms with Gasteiger partial charge in [0.2, 0.25) is 25.2 Å². The Hall–Kier alpha value is -8.12. The third-order valence-electron chi connectivity index (χ3n) is 17.6. The highest BCUT2D eigenvalue weighted by Crippen LogP contribution is 2.42. The van der Waals surface area contributed by atoms with Crippen molar-refractivity contribution in [1.82, 2.24) is 19.9 Å². The standard InChI is InChI=1S/C68H70N4O24/c73-25-45-53(77)57(81)61(85)65(93-45)89-33-9-1-5-29(21-33)49-37-13-15-39(69-37)50(30-6-2-10-34(22-30)90-66-62(86)58(82)54(78)46(26-74)94-66)41-17-19-43(71-41)52(32-8-4-12-36(24-32)92-68-64(88)60(84)56(80)48(28-76)96-68)44-20-18-42(72-44)51(40-16-14-38(49)70-40)31-7-3-11-35(23-31)91-67-63(87)59(83)55(79)47(27-75)95-67/h1-24,45-48,53-69,72-88H,25-28H2/t45-,46?,47?,48?,53?,54+,55+,56+,57?,58?,59?,60?,61-,62?,63?,64?,65?,66-,67-,68-/m1/s1. The molecule has 28 heteroatoms. The van der Waals surface area contributed by atoms with E-state index in [1.54, 1.807) is 146 Å². The molecule has 0 saturated carbocycles. The van der Waals surface area contributed by atoms with Crippen molar-refractivity contribution in [3.05, 3.63) is 144 Å². The Labute approximate surface area is 544 Å². The van der Waals surface area contributed by atoms with Crippen molar-refractivity contribution in [2.24, 2.45) is 0 Å². The first-order chi connectivity index (χ1) is 46.3. The van der Waals surface area contributed by atoms with E-state index >= 15 is 0 Å². The number of fused-ring (bicyclic) bond motifs is 8. The number of aromatic amines is 2. The molecule has 0 spiro atoms. The lowest BCUT2D eigenvalue weighted by Gasteiger charge is -2.39. The van der Waals surface area contributed by atoms with Gasteiger partial charge in [0, 0.05) is 44.3 Å². The molecule has 12 unspecified atom stereocenters. The van der Waals surface area contributed by atoms with E-state index < -0.39 is 149 Å². The average Bonchev–Trinajstić information content (AvgIpc) is 1.62. The largest absolute Gasteiger partial charge is 0.462 e. The Balaban J connectivity index is 1.03. The van der Waals surface area contributed by atoms with Gasteiger partial charge in [-0.25, -0.2) is 9.97 Å². The third kappa shape index (κ3) is 12.8. The first-order valence-corrected chi connectivity index (χ1v) is 30.8. The van der Waals surface area contributed by atoms with Crippen LogP contribution < -0.4 is 18.9 Å². The zero-order valence-corrected chi connectivity index (χ0v) is 50.5. The normalized spacial score (nSPS) is 31.2. The summed E-state index contributed by atoms with van der Waals surface area (Å²) in [5.41, 5.74) is 7.20. The highest BCUT2D eigenvalue weighted by molar-refractivity contribution is 6.00. The molecular weight excluding hydrogens is 1260 g/mol. The Morgan fingerprint density at radius 3 is 0.719 bits per heavy atom. The lowest BCUT2D eigenvalue weighted by Crippen LogP contribution is -2.60. The van der Waals surface area contributed by atoms with E-state index in [0.717, 1.165) is 0 Å². The molecule has 13 rings (SSSR count). The van der Waals surface area contributed by atoms with E-state index in [9.17, 15) is 81.7 Å². The summed E-state index contributed by atoms with van der Waals surface area (Å²) in [4.78, 5) is 17.9. The molecule has 9 heterocycles. The predicted molar refractivity (Wildman–Crippen MR) is 338 cm³/mol. The molecule has 6 aliphatic heterocycles. The molecular formula is C68H70N4O24. The van der Waals surface area contributed by atoms with Crippen LogP contribution in [0.3, 0.4) is 0 Å². The molecule has 506 valence electrons. The van der Waals surface area contributed by atoms with Crippen LogP contribution in [0.15, 0.2) is 121 Å². The van der Waals surface area contributed by atoms with E-state index in [0.29, 0.717) is 89.4 Å². The summed E-state index contributed by atoms with van der Waals surface area (Å²) in [7, 11) is 0. The fourth-order valence-corrected chi connectivity index (χ4v) is 12.5. The second-order valence-electron chi connectivity index (χ2n) is 23.9. The molecule has 20 atom stereocenters. The van der Waals surface area contributed by atoms with Gasteiger partial charge in [0.25, 0.3) is 0 Å². The maximum Gasteiger partial charge on any atom is 0.229 e. The number of aliphatic hydroxyl groups is 16. The van der Waals surface area contributed by atoms with Crippen LogP contribution in [0.2, 0.25) is 0 Å². The van der Waals surface area contributed by atoms with Crippen LogP contribution in [0.1, 0.15) is 22.8 Å². The van der Waals surface area contributed by atoms with E-state index in [1.807, 2.05) is 0 Å². The molecule has 4 fully saturated rings. The minimum atomic E-state index is -1.74. The lowest BCUT2D eigenvalue weighted by atomic mass is 9.99. The van der Waals surface area contributed by atoms with Crippen molar-refractivity contribution in [3.8, 4) is 67.5 Å². The molecule has 8 bridgehead atoms. The molecule has 6 aliphatic rings. The van der Waals surface area contributed by atoms with Crippen molar-refractivity contribution in [2.75, 3.05) is 26.4 Å². The maximum absolute atomic E-state index is 11.1. The fraction of sp³-hybridized carbons (Fsp3) is 0.353. The van der Waals surface area contributed by atoms with Gasteiger partial charge in [0.05, 0.1) is 49.2 Å². The van der Waals surface area contributed by atoms with Crippen molar-refractivity contribution in [1.29, 1.82) is 0 Å². The molecule has 7 aromatic rings. The summed E-state index contributed by atoms with van der Waals surface area (Å²) in [6.07, 6.45) is -24.7. The third-order valence-corrected chi connectivity index (χ3v) is 17.6. The van der Waals surface area contributed by atoms with Crippen molar-refractivity contribution < 1.29 is 120 Å². The van der Waals surface area contributed by atoms with Gasteiger partial charge in [-0.15, -0.1) is 0 Å². The molecule has 96 heavy (non-hydrogen) atoms. The smallest absolute Gasteiger partial charge is 0.229 e. The summed E-state index contributed by atoms with van der Waals surface area (Å²) < 4.78 is 47.6. The maximum atomic E-state index is 11.1.